The van der Waals surface area contributed by atoms with Crippen LogP contribution in [0.25, 0.3) is 0 Å². The first-order chi connectivity index (χ1) is 12.1. The Balaban J connectivity index is 1.81. The van der Waals surface area contributed by atoms with Gasteiger partial charge in [-0.1, -0.05) is 12.1 Å². The highest BCUT2D eigenvalue weighted by Crippen LogP contribution is 2.28. The third-order valence-electron chi connectivity index (χ3n) is 3.38. The number of benzene rings is 2. The van der Waals surface area contributed by atoms with Crippen molar-refractivity contribution in [1.82, 2.24) is 5.32 Å². The quantitative estimate of drug-likeness (QED) is 0.801. The van der Waals surface area contributed by atoms with E-state index in [9.17, 15) is 9.18 Å². The molecule has 0 fully saturated rings. The van der Waals surface area contributed by atoms with Crippen LogP contribution in [0.3, 0.4) is 0 Å². The normalized spacial score (nSPS) is 9.96. The molecule has 0 saturated carbocycles. The molecule has 0 aromatic heterocycles. The second-order valence-corrected chi connectivity index (χ2v) is 5.22. The van der Waals surface area contributed by atoms with E-state index in [0.29, 0.717) is 36.6 Å². The highest BCUT2D eigenvalue weighted by Gasteiger charge is 2.09. The van der Waals surface area contributed by atoms with Crippen LogP contribution in [0.15, 0.2) is 42.5 Å². The molecule has 25 heavy (non-hydrogen) atoms. The number of ether oxygens (including phenoxy) is 2. The van der Waals surface area contributed by atoms with Gasteiger partial charge in [-0.15, -0.1) is 0 Å². The van der Waals surface area contributed by atoms with E-state index in [2.05, 4.69) is 5.32 Å². The molecule has 1 amide bonds. The molecule has 130 valence electrons. The predicted molar refractivity (Wildman–Crippen MR) is 90.9 cm³/mol. The highest BCUT2D eigenvalue weighted by molar-refractivity contribution is 5.77. The van der Waals surface area contributed by atoms with Gasteiger partial charge in [0.1, 0.15) is 5.82 Å². The fraction of sp³-hybridized carbons (Fsp3) is 0.263. The maximum Gasteiger partial charge on any atom is 0.257 e. The molecular formula is C19H19FN2O3. The smallest absolute Gasteiger partial charge is 0.257 e. The zero-order valence-electron chi connectivity index (χ0n) is 13.9. The summed E-state index contributed by atoms with van der Waals surface area (Å²) in [6, 6.07) is 13.0. The summed E-state index contributed by atoms with van der Waals surface area (Å²) < 4.78 is 23.7. The Kier molecular flexibility index (Phi) is 6.78. The fourth-order valence-electron chi connectivity index (χ4n) is 2.16. The van der Waals surface area contributed by atoms with Crippen LogP contribution in [0.2, 0.25) is 0 Å². The number of rotatable bonds is 8. The summed E-state index contributed by atoms with van der Waals surface area (Å²) in [5.41, 5.74) is 1.40. The van der Waals surface area contributed by atoms with Crippen molar-refractivity contribution in [2.45, 2.75) is 13.3 Å². The van der Waals surface area contributed by atoms with Crippen molar-refractivity contribution in [2.24, 2.45) is 0 Å². The molecule has 0 aliphatic carbocycles. The summed E-state index contributed by atoms with van der Waals surface area (Å²) in [7, 11) is 0. The Morgan fingerprint density at radius 3 is 2.60 bits per heavy atom. The van der Waals surface area contributed by atoms with Crippen molar-refractivity contribution in [3.8, 4) is 17.6 Å². The lowest BCUT2D eigenvalue weighted by atomic mass is 10.1. The molecule has 2 aromatic carbocycles. The van der Waals surface area contributed by atoms with Crippen molar-refractivity contribution in [1.29, 1.82) is 5.26 Å². The number of nitriles is 1. The minimum Gasteiger partial charge on any atom is -0.490 e. The number of amides is 1. The molecule has 0 aliphatic heterocycles. The van der Waals surface area contributed by atoms with E-state index >= 15 is 0 Å². The van der Waals surface area contributed by atoms with E-state index in [-0.39, 0.29) is 18.3 Å². The van der Waals surface area contributed by atoms with E-state index in [0.717, 1.165) is 5.56 Å². The van der Waals surface area contributed by atoms with Crippen LogP contribution < -0.4 is 14.8 Å². The van der Waals surface area contributed by atoms with Crippen LogP contribution in [0.4, 0.5) is 4.39 Å². The second kappa shape index (κ2) is 9.28. The summed E-state index contributed by atoms with van der Waals surface area (Å²) in [5, 5.41) is 11.7. The first kappa shape index (κ1) is 18.3. The number of nitrogens with one attached hydrogen (secondary N) is 1. The minimum atomic E-state index is -0.284. The molecule has 0 bridgehead atoms. The van der Waals surface area contributed by atoms with Crippen molar-refractivity contribution in [2.75, 3.05) is 19.8 Å². The van der Waals surface area contributed by atoms with E-state index in [1.807, 2.05) is 13.0 Å². The number of hydrogen-bond acceptors (Lipinski definition) is 4. The van der Waals surface area contributed by atoms with Gasteiger partial charge in [0.2, 0.25) is 0 Å². The van der Waals surface area contributed by atoms with Crippen molar-refractivity contribution in [3.63, 3.8) is 0 Å². The Hall–Kier alpha value is -3.07. The summed E-state index contributed by atoms with van der Waals surface area (Å²) in [4.78, 5) is 11.9. The minimum absolute atomic E-state index is 0.157. The van der Waals surface area contributed by atoms with E-state index < -0.39 is 0 Å². The maximum atomic E-state index is 12.8. The zero-order valence-corrected chi connectivity index (χ0v) is 13.9. The average molecular weight is 342 g/mol. The Morgan fingerprint density at radius 1 is 1.16 bits per heavy atom. The van der Waals surface area contributed by atoms with E-state index in [1.54, 1.807) is 30.3 Å². The molecule has 0 atom stereocenters. The lowest BCUT2D eigenvalue weighted by Gasteiger charge is -2.12. The molecule has 2 aromatic rings. The summed E-state index contributed by atoms with van der Waals surface area (Å²) in [6.07, 6.45) is 0.604. The third kappa shape index (κ3) is 5.81. The van der Waals surface area contributed by atoms with Crippen LogP contribution in [-0.2, 0) is 11.2 Å². The lowest BCUT2D eigenvalue weighted by molar-refractivity contribution is -0.123. The van der Waals surface area contributed by atoms with Gasteiger partial charge in [0.05, 0.1) is 18.2 Å². The molecule has 0 heterocycles. The monoisotopic (exact) mass is 342 g/mol. The number of nitrogens with zero attached hydrogens (tertiary/aromatic N) is 1. The van der Waals surface area contributed by atoms with Crippen molar-refractivity contribution in [3.05, 3.63) is 59.4 Å². The van der Waals surface area contributed by atoms with Gasteiger partial charge in [0.15, 0.2) is 18.1 Å². The van der Waals surface area contributed by atoms with Crippen molar-refractivity contribution < 1.29 is 18.7 Å². The Bertz CT molecular complexity index is 754. The standard InChI is InChI=1S/C19H19FN2O3/c1-2-24-18-11-15(12-21)5-8-17(18)25-13-19(23)22-10-9-14-3-6-16(20)7-4-14/h3-8,11H,2,9-10,13H2,1H3,(H,22,23). The van der Waals surface area contributed by atoms with Crippen LogP contribution in [0, 0.1) is 17.1 Å². The summed E-state index contributed by atoms with van der Waals surface area (Å²) in [6.45, 7) is 2.52. The number of carbonyl (C=O) groups excluding carboxylic acids is 1. The van der Waals surface area contributed by atoms with Crippen molar-refractivity contribution >= 4 is 5.91 Å². The van der Waals surface area contributed by atoms with Gasteiger partial charge < -0.3 is 14.8 Å². The fourth-order valence-corrected chi connectivity index (χ4v) is 2.16. The molecule has 0 unspecified atom stereocenters. The van der Waals surface area contributed by atoms with Crippen LogP contribution in [-0.4, -0.2) is 25.7 Å². The number of hydrogen-bond donors (Lipinski definition) is 1. The van der Waals surface area contributed by atoms with Gasteiger partial charge in [0, 0.05) is 12.6 Å². The van der Waals surface area contributed by atoms with Gasteiger partial charge in [-0.3, -0.25) is 4.79 Å². The van der Waals surface area contributed by atoms with Gasteiger partial charge in [-0.05, 0) is 43.2 Å². The molecule has 2 rings (SSSR count). The van der Waals surface area contributed by atoms with Gasteiger partial charge in [0.25, 0.3) is 5.91 Å². The Morgan fingerprint density at radius 2 is 1.92 bits per heavy atom. The maximum absolute atomic E-state index is 12.8. The summed E-state index contributed by atoms with van der Waals surface area (Å²) >= 11 is 0. The predicted octanol–water partition coefficient (Wildman–Crippen LogP) is 2.83. The van der Waals surface area contributed by atoms with E-state index in [4.69, 9.17) is 14.7 Å². The van der Waals surface area contributed by atoms with E-state index in [1.165, 1.54) is 12.1 Å². The number of carbonyl (C=O) groups is 1. The van der Waals surface area contributed by atoms with Crippen LogP contribution in [0.5, 0.6) is 11.5 Å². The second-order valence-electron chi connectivity index (χ2n) is 5.22. The summed E-state index contributed by atoms with van der Waals surface area (Å²) in [5.74, 6) is 0.290. The number of halogens is 1. The largest absolute Gasteiger partial charge is 0.490 e. The van der Waals surface area contributed by atoms with Gasteiger partial charge in [-0.2, -0.15) is 5.26 Å². The van der Waals surface area contributed by atoms with Crippen LogP contribution in [0.1, 0.15) is 18.1 Å². The highest BCUT2D eigenvalue weighted by atomic mass is 19.1. The molecule has 0 aliphatic rings. The zero-order chi connectivity index (χ0) is 18.1. The third-order valence-corrected chi connectivity index (χ3v) is 3.38. The average Bonchev–Trinajstić information content (AvgIpc) is 2.62. The molecule has 0 spiro atoms. The molecule has 0 saturated heterocycles. The lowest BCUT2D eigenvalue weighted by Crippen LogP contribution is -2.30. The Labute approximate surface area is 146 Å². The SMILES string of the molecule is CCOc1cc(C#N)ccc1OCC(=O)NCCc1ccc(F)cc1. The first-order valence-electron chi connectivity index (χ1n) is 7.93. The molecule has 6 heteroatoms. The van der Waals surface area contributed by atoms with Crippen LogP contribution >= 0.6 is 0 Å². The molecule has 1 N–H and O–H groups in total. The molecular weight excluding hydrogens is 323 g/mol. The molecule has 0 radical (unpaired) electrons. The topological polar surface area (TPSA) is 71.3 Å². The van der Waals surface area contributed by atoms with Gasteiger partial charge >= 0.3 is 0 Å². The van der Waals surface area contributed by atoms with Gasteiger partial charge in [-0.25, -0.2) is 4.39 Å². The molecule has 5 nitrogen and oxygen atoms in total. The first-order valence-corrected chi connectivity index (χ1v) is 7.93.